The summed E-state index contributed by atoms with van der Waals surface area (Å²) in [5.41, 5.74) is 6.62. The Hall–Kier alpha value is -2.43. The number of aromatic nitrogens is 2. The Morgan fingerprint density at radius 2 is 2.00 bits per heavy atom. The third-order valence-corrected chi connectivity index (χ3v) is 3.40. The molecule has 1 aromatic heterocycles. The fourth-order valence-corrected chi connectivity index (χ4v) is 2.15. The van der Waals surface area contributed by atoms with Gasteiger partial charge in [-0.1, -0.05) is 38.1 Å². The van der Waals surface area contributed by atoms with Crippen LogP contribution in [0.1, 0.15) is 42.3 Å². The number of amides is 1. The highest BCUT2D eigenvalue weighted by atomic mass is 16.2. The molecule has 116 valence electrons. The number of hydrazone groups is 1. The van der Waals surface area contributed by atoms with Crippen LogP contribution in [-0.2, 0) is 11.3 Å². The van der Waals surface area contributed by atoms with E-state index < -0.39 is 0 Å². The Morgan fingerprint density at radius 1 is 1.32 bits per heavy atom. The third-order valence-electron chi connectivity index (χ3n) is 3.40. The first-order valence-electron chi connectivity index (χ1n) is 7.38. The van der Waals surface area contributed by atoms with Crippen molar-refractivity contribution in [1.29, 1.82) is 0 Å². The predicted octanol–water partition coefficient (Wildman–Crippen LogP) is 2.77. The maximum absolute atomic E-state index is 11.8. The number of nitrogens with one attached hydrogen (secondary N) is 1. The van der Waals surface area contributed by atoms with Crippen LogP contribution in [0.3, 0.4) is 0 Å². The Labute approximate surface area is 131 Å². The van der Waals surface area contributed by atoms with Crippen molar-refractivity contribution in [2.45, 2.75) is 40.2 Å². The van der Waals surface area contributed by atoms with E-state index >= 15 is 0 Å². The molecule has 0 aliphatic carbocycles. The van der Waals surface area contributed by atoms with Crippen LogP contribution < -0.4 is 5.43 Å². The second-order valence-corrected chi connectivity index (χ2v) is 5.70. The minimum Gasteiger partial charge on any atom is -0.271 e. The van der Waals surface area contributed by atoms with Gasteiger partial charge < -0.3 is 0 Å². The first kappa shape index (κ1) is 15.9. The molecule has 0 atom stereocenters. The molecule has 2 rings (SSSR count). The summed E-state index contributed by atoms with van der Waals surface area (Å²) in [5.74, 6) is 0.313. The van der Waals surface area contributed by atoms with E-state index in [2.05, 4.69) is 41.6 Å². The molecule has 0 saturated heterocycles. The zero-order valence-corrected chi connectivity index (χ0v) is 13.5. The monoisotopic (exact) mass is 298 g/mol. The van der Waals surface area contributed by atoms with Gasteiger partial charge in [-0.15, -0.1) is 0 Å². The van der Waals surface area contributed by atoms with Crippen molar-refractivity contribution < 1.29 is 4.79 Å². The first-order chi connectivity index (χ1) is 10.5. The van der Waals surface area contributed by atoms with Crippen LogP contribution in [0.2, 0.25) is 0 Å². The zero-order chi connectivity index (χ0) is 16.1. The summed E-state index contributed by atoms with van der Waals surface area (Å²) < 4.78 is 1.66. The van der Waals surface area contributed by atoms with E-state index in [0.29, 0.717) is 5.92 Å². The molecule has 1 aromatic carbocycles. The van der Waals surface area contributed by atoms with Gasteiger partial charge in [0.1, 0.15) is 6.54 Å². The maximum Gasteiger partial charge on any atom is 0.261 e. The van der Waals surface area contributed by atoms with Crippen molar-refractivity contribution >= 4 is 12.1 Å². The molecule has 22 heavy (non-hydrogen) atoms. The molecule has 0 saturated carbocycles. The van der Waals surface area contributed by atoms with Gasteiger partial charge >= 0.3 is 0 Å². The summed E-state index contributed by atoms with van der Waals surface area (Å²) in [6.07, 6.45) is 1.64. The van der Waals surface area contributed by atoms with Gasteiger partial charge in [0.15, 0.2) is 0 Å². The lowest BCUT2D eigenvalue weighted by molar-refractivity contribution is -0.121. The fraction of sp³-hybridized carbons (Fsp3) is 0.353. The number of rotatable bonds is 5. The fourth-order valence-electron chi connectivity index (χ4n) is 2.15. The summed E-state index contributed by atoms with van der Waals surface area (Å²) in [4.78, 5) is 11.8. The van der Waals surface area contributed by atoms with E-state index in [-0.39, 0.29) is 12.5 Å². The highest BCUT2D eigenvalue weighted by Crippen LogP contribution is 2.13. The molecular weight excluding hydrogens is 276 g/mol. The Morgan fingerprint density at radius 3 is 2.55 bits per heavy atom. The molecule has 5 heteroatoms. The average Bonchev–Trinajstić information content (AvgIpc) is 2.77. The van der Waals surface area contributed by atoms with Crippen molar-refractivity contribution in [3.05, 3.63) is 52.8 Å². The molecule has 1 N–H and O–H groups in total. The number of carbonyl (C=O) groups excluding carboxylic acids is 1. The number of hydrogen-bond acceptors (Lipinski definition) is 3. The van der Waals surface area contributed by atoms with E-state index in [9.17, 15) is 4.79 Å². The molecule has 1 amide bonds. The minimum atomic E-state index is -0.193. The quantitative estimate of drug-likeness (QED) is 0.681. The molecule has 0 radical (unpaired) electrons. The van der Waals surface area contributed by atoms with Gasteiger partial charge in [0, 0.05) is 5.69 Å². The summed E-state index contributed by atoms with van der Waals surface area (Å²) in [6, 6.07) is 10.1. The minimum absolute atomic E-state index is 0.170. The topological polar surface area (TPSA) is 59.3 Å². The lowest BCUT2D eigenvalue weighted by atomic mass is 10.0. The SMILES string of the molecule is Cc1cc(C)n(CC(=O)N/N=C/c2ccc(C(C)C)cc2)n1. The van der Waals surface area contributed by atoms with Gasteiger partial charge in [0.05, 0.1) is 11.9 Å². The van der Waals surface area contributed by atoms with Crippen molar-refractivity contribution in [2.75, 3.05) is 0 Å². The molecular formula is C17H22N4O. The maximum atomic E-state index is 11.8. The largest absolute Gasteiger partial charge is 0.271 e. The van der Waals surface area contributed by atoms with Crippen LogP contribution in [0, 0.1) is 13.8 Å². The number of nitrogens with zero attached hydrogens (tertiary/aromatic N) is 3. The zero-order valence-electron chi connectivity index (χ0n) is 13.5. The molecule has 1 heterocycles. The lowest BCUT2D eigenvalue weighted by Crippen LogP contribution is -2.24. The summed E-state index contributed by atoms with van der Waals surface area (Å²) in [5, 5.41) is 8.23. The number of benzene rings is 1. The molecule has 0 unspecified atom stereocenters. The van der Waals surface area contributed by atoms with Crippen LogP contribution in [0.15, 0.2) is 35.4 Å². The van der Waals surface area contributed by atoms with E-state index in [1.54, 1.807) is 10.9 Å². The molecule has 5 nitrogen and oxygen atoms in total. The molecule has 0 aliphatic heterocycles. The molecule has 2 aromatic rings. The van der Waals surface area contributed by atoms with Crippen LogP contribution in [-0.4, -0.2) is 21.9 Å². The van der Waals surface area contributed by atoms with E-state index in [4.69, 9.17) is 0 Å². The number of aryl methyl sites for hydroxylation is 2. The number of hydrogen-bond donors (Lipinski definition) is 1. The van der Waals surface area contributed by atoms with Gasteiger partial charge in [-0.2, -0.15) is 10.2 Å². The lowest BCUT2D eigenvalue weighted by Gasteiger charge is -2.05. The second-order valence-electron chi connectivity index (χ2n) is 5.70. The van der Waals surface area contributed by atoms with Crippen LogP contribution in [0.4, 0.5) is 0 Å². The van der Waals surface area contributed by atoms with Gasteiger partial charge in [-0.25, -0.2) is 5.43 Å². The molecule has 0 spiro atoms. The average molecular weight is 298 g/mol. The van der Waals surface area contributed by atoms with Gasteiger partial charge in [0.2, 0.25) is 0 Å². The standard InChI is InChI=1S/C17H22N4O/c1-12(2)16-7-5-15(6-8-16)10-18-19-17(22)11-21-14(4)9-13(3)20-21/h5-10,12H,11H2,1-4H3,(H,19,22)/b18-10+. The van der Waals surface area contributed by atoms with Crippen LogP contribution >= 0.6 is 0 Å². The first-order valence-corrected chi connectivity index (χ1v) is 7.38. The molecule has 0 fully saturated rings. The summed E-state index contributed by atoms with van der Waals surface area (Å²) in [6.45, 7) is 8.31. The van der Waals surface area contributed by atoms with Crippen molar-refractivity contribution in [2.24, 2.45) is 5.10 Å². The van der Waals surface area contributed by atoms with E-state index in [0.717, 1.165) is 17.0 Å². The highest BCUT2D eigenvalue weighted by molar-refractivity contribution is 5.82. The second kappa shape index (κ2) is 7.02. The van der Waals surface area contributed by atoms with Crippen molar-refractivity contribution in [3.8, 4) is 0 Å². The Balaban J connectivity index is 1.89. The molecule has 0 aliphatic rings. The Kier molecular flexibility index (Phi) is 5.09. The smallest absolute Gasteiger partial charge is 0.261 e. The van der Waals surface area contributed by atoms with Crippen LogP contribution in [0.25, 0.3) is 0 Å². The van der Waals surface area contributed by atoms with Gasteiger partial charge in [-0.05, 0) is 37.0 Å². The van der Waals surface area contributed by atoms with Gasteiger partial charge in [-0.3, -0.25) is 9.48 Å². The molecule has 0 bridgehead atoms. The van der Waals surface area contributed by atoms with Crippen molar-refractivity contribution in [3.63, 3.8) is 0 Å². The predicted molar refractivity (Wildman–Crippen MR) is 88.0 cm³/mol. The van der Waals surface area contributed by atoms with E-state index in [1.807, 2.05) is 32.0 Å². The third kappa shape index (κ3) is 4.28. The highest BCUT2D eigenvalue weighted by Gasteiger charge is 2.05. The summed E-state index contributed by atoms with van der Waals surface area (Å²) in [7, 11) is 0. The Bertz CT molecular complexity index is 668. The van der Waals surface area contributed by atoms with Crippen LogP contribution in [0.5, 0.6) is 0 Å². The normalized spacial score (nSPS) is 11.3. The number of carbonyl (C=O) groups is 1. The van der Waals surface area contributed by atoms with Gasteiger partial charge in [0.25, 0.3) is 5.91 Å². The van der Waals surface area contributed by atoms with Crippen molar-refractivity contribution in [1.82, 2.24) is 15.2 Å². The van der Waals surface area contributed by atoms with E-state index in [1.165, 1.54) is 5.56 Å². The summed E-state index contributed by atoms with van der Waals surface area (Å²) >= 11 is 0.